The maximum Gasteiger partial charge on any atom is 0.220 e. The maximum absolute atomic E-state index is 11.1. The predicted octanol–water partition coefficient (Wildman–Crippen LogP) is 1.10. The topological polar surface area (TPSA) is 97.5 Å². The second-order valence-electron chi connectivity index (χ2n) is 5.14. The molecule has 0 unspecified atom stereocenters. The molecule has 3 N–H and O–H groups in total. The standard InChI is InChI=1S/C12H13N5O/c1-12(2)3-6-4-14-11(13)15-9(6)10-8(12)7(5-18)16-17-10/h4-5H,3H2,1-2H3,(H,16,17)(H2,13,14,15). The Hall–Kier alpha value is -2.24. The molecule has 92 valence electrons. The lowest BCUT2D eigenvalue weighted by atomic mass is 9.73. The molecule has 3 rings (SSSR count). The molecule has 0 bridgehead atoms. The minimum absolute atomic E-state index is 0.176. The van der Waals surface area contributed by atoms with E-state index in [2.05, 4.69) is 34.0 Å². The van der Waals surface area contributed by atoms with Gasteiger partial charge >= 0.3 is 0 Å². The molecule has 0 atom stereocenters. The molecular weight excluding hydrogens is 230 g/mol. The molecule has 2 heterocycles. The van der Waals surface area contributed by atoms with Crippen molar-refractivity contribution in [3.8, 4) is 11.4 Å². The zero-order valence-corrected chi connectivity index (χ0v) is 10.2. The van der Waals surface area contributed by atoms with Crippen molar-refractivity contribution in [2.45, 2.75) is 25.7 Å². The van der Waals surface area contributed by atoms with Crippen LogP contribution in [0.25, 0.3) is 11.4 Å². The number of carbonyl (C=O) groups is 1. The normalized spacial score (nSPS) is 15.9. The molecule has 1 aliphatic rings. The number of aromatic nitrogens is 4. The summed E-state index contributed by atoms with van der Waals surface area (Å²) in [7, 11) is 0. The molecule has 0 radical (unpaired) electrons. The molecule has 1 aliphatic carbocycles. The van der Waals surface area contributed by atoms with E-state index in [-0.39, 0.29) is 11.4 Å². The van der Waals surface area contributed by atoms with Gasteiger partial charge in [0.1, 0.15) is 11.4 Å². The van der Waals surface area contributed by atoms with Gasteiger partial charge in [-0.05, 0) is 17.4 Å². The van der Waals surface area contributed by atoms with Crippen LogP contribution in [0.2, 0.25) is 0 Å². The average Bonchev–Trinajstić information content (AvgIpc) is 2.75. The number of hydrogen-bond donors (Lipinski definition) is 2. The van der Waals surface area contributed by atoms with Crippen LogP contribution in [0.1, 0.15) is 35.5 Å². The first-order chi connectivity index (χ1) is 8.53. The molecule has 18 heavy (non-hydrogen) atoms. The summed E-state index contributed by atoms with van der Waals surface area (Å²) in [6.07, 6.45) is 3.29. The Labute approximate surface area is 104 Å². The monoisotopic (exact) mass is 243 g/mol. The number of hydrogen-bond acceptors (Lipinski definition) is 5. The van der Waals surface area contributed by atoms with Crippen molar-refractivity contribution >= 4 is 12.2 Å². The van der Waals surface area contributed by atoms with Crippen LogP contribution in [-0.4, -0.2) is 26.5 Å². The molecule has 6 nitrogen and oxygen atoms in total. The van der Waals surface area contributed by atoms with Gasteiger partial charge in [-0.2, -0.15) is 5.10 Å². The molecule has 0 saturated carbocycles. The molecule has 0 fully saturated rings. The predicted molar refractivity (Wildman–Crippen MR) is 66.1 cm³/mol. The van der Waals surface area contributed by atoms with Gasteiger partial charge in [0.05, 0.1) is 5.69 Å². The van der Waals surface area contributed by atoms with Crippen LogP contribution in [-0.2, 0) is 11.8 Å². The lowest BCUT2D eigenvalue weighted by molar-refractivity contribution is 0.111. The molecule has 2 aromatic rings. The van der Waals surface area contributed by atoms with Crippen LogP contribution in [0.15, 0.2) is 6.20 Å². The SMILES string of the molecule is CC1(C)Cc2cnc(N)nc2-c2n[nH]c(C=O)c21. The van der Waals surface area contributed by atoms with Crippen molar-refractivity contribution in [3.05, 3.63) is 23.0 Å². The molecule has 0 saturated heterocycles. The molecule has 0 amide bonds. The Balaban J connectivity index is 2.34. The van der Waals surface area contributed by atoms with Gasteiger partial charge in [-0.3, -0.25) is 9.89 Å². The van der Waals surface area contributed by atoms with E-state index in [1.165, 1.54) is 0 Å². The van der Waals surface area contributed by atoms with Gasteiger partial charge in [-0.15, -0.1) is 0 Å². The van der Waals surface area contributed by atoms with Crippen LogP contribution in [0.3, 0.4) is 0 Å². The molecule has 2 aromatic heterocycles. The van der Waals surface area contributed by atoms with E-state index >= 15 is 0 Å². The number of anilines is 1. The number of nitrogen functional groups attached to an aromatic ring is 1. The average molecular weight is 243 g/mol. The number of fused-ring (bicyclic) bond motifs is 3. The van der Waals surface area contributed by atoms with Crippen molar-refractivity contribution in [2.75, 3.05) is 5.73 Å². The van der Waals surface area contributed by atoms with E-state index in [9.17, 15) is 4.79 Å². The molecule has 6 heteroatoms. The van der Waals surface area contributed by atoms with Crippen molar-refractivity contribution < 1.29 is 4.79 Å². The number of carbonyl (C=O) groups excluding carboxylic acids is 1. The fourth-order valence-corrected chi connectivity index (χ4v) is 2.62. The van der Waals surface area contributed by atoms with Gasteiger partial charge in [0.15, 0.2) is 6.29 Å². The summed E-state index contributed by atoms with van der Waals surface area (Å²) in [5, 5.41) is 6.97. The highest BCUT2D eigenvalue weighted by atomic mass is 16.1. The molecule has 0 aliphatic heterocycles. The first-order valence-electron chi connectivity index (χ1n) is 5.69. The Kier molecular flexibility index (Phi) is 2.04. The van der Waals surface area contributed by atoms with E-state index in [1.807, 2.05) is 0 Å². The maximum atomic E-state index is 11.1. The smallest absolute Gasteiger partial charge is 0.220 e. The van der Waals surface area contributed by atoms with Gasteiger partial charge in [0, 0.05) is 11.8 Å². The van der Waals surface area contributed by atoms with E-state index in [1.54, 1.807) is 6.20 Å². The largest absolute Gasteiger partial charge is 0.368 e. The van der Waals surface area contributed by atoms with Crippen molar-refractivity contribution in [1.29, 1.82) is 0 Å². The summed E-state index contributed by atoms with van der Waals surface area (Å²) in [4.78, 5) is 19.3. The quantitative estimate of drug-likeness (QED) is 0.731. The first kappa shape index (κ1) is 10.9. The van der Waals surface area contributed by atoms with E-state index in [4.69, 9.17) is 5.73 Å². The van der Waals surface area contributed by atoms with E-state index < -0.39 is 0 Å². The lowest BCUT2D eigenvalue weighted by Crippen LogP contribution is -2.27. The third kappa shape index (κ3) is 1.35. The van der Waals surface area contributed by atoms with Crippen LogP contribution in [0, 0.1) is 0 Å². The number of rotatable bonds is 1. The lowest BCUT2D eigenvalue weighted by Gasteiger charge is -2.30. The minimum Gasteiger partial charge on any atom is -0.368 e. The number of aromatic amines is 1. The van der Waals surface area contributed by atoms with Crippen molar-refractivity contribution in [3.63, 3.8) is 0 Å². The first-order valence-corrected chi connectivity index (χ1v) is 5.69. The zero-order valence-electron chi connectivity index (χ0n) is 10.2. The molecule has 0 aromatic carbocycles. The minimum atomic E-state index is -0.176. The Morgan fingerprint density at radius 1 is 1.44 bits per heavy atom. The number of nitrogens with zero attached hydrogens (tertiary/aromatic N) is 3. The Morgan fingerprint density at radius 3 is 2.94 bits per heavy atom. The third-order valence-electron chi connectivity index (χ3n) is 3.33. The Bertz CT molecular complexity index is 644. The summed E-state index contributed by atoms with van der Waals surface area (Å²) in [5.41, 5.74) is 9.29. The summed E-state index contributed by atoms with van der Waals surface area (Å²) in [5.74, 6) is 0.218. The van der Waals surface area contributed by atoms with Crippen molar-refractivity contribution in [2.24, 2.45) is 0 Å². The van der Waals surface area contributed by atoms with Gasteiger partial charge in [-0.25, -0.2) is 9.97 Å². The fourth-order valence-electron chi connectivity index (χ4n) is 2.62. The van der Waals surface area contributed by atoms with Crippen molar-refractivity contribution in [1.82, 2.24) is 20.2 Å². The Morgan fingerprint density at radius 2 is 2.22 bits per heavy atom. The molecule has 0 spiro atoms. The van der Waals surface area contributed by atoms with Gasteiger partial charge in [-0.1, -0.05) is 13.8 Å². The highest BCUT2D eigenvalue weighted by molar-refractivity contribution is 5.82. The number of H-pyrrole nitrogens is 1. The van der Waals surface area contributed by atoms with Gasteiger partial charge < -0.3 is 5.73 Å². The van der Waals surface area contributed by atoms with Gasteiger partial charge in [0.25, 0.3) is 0 Å². The highest BCUT2D eigenvalue weighted by Crippen LogP contribution is 2.42. The zero-order chi connectivity index (χ0) is 12.9. The van der Waals surface area contributed by atoms with Crippen LogP contribution < -0.4 is 5.73 Å². The third-order valence-corrected chi connectivity index (χ3v) is 3.33. The highest BCUT2D eigenvalue weighted by Gasteiger charge is 2.36. The number of nitrogens with two attached hydrogens (primary N) is 1. The van der Waals surface area contributed by atoms with Crippen LogP contribution in [0.4, 0.5) is 5.95 Å². The molecular formula is C12H13N5O. The fraction of sp³-hybridized carbons (Fsp3) is 0.333. The second-order valence-corrected chi connectivity index (χ2v) is 5.14. The second kappa shape index (κ2) is 3.38. The number of aldehydes is 1. The summed E-state index contributed by atoms with van der Waals surface area (Å²) < 4.78 is 0. The summed E-state index contributed by atoms with van der Waals surface area (Å²) in [6, 6.07) is 0. The van der Waals surface area contributed by atoms with Crippen LogP contribution >= 0.6 is 0 Å². The van der Waals surface area contributed by atoms with E-state index in [0.717, 1.165) is 29.5 Å². The summed E-state index contributed by atoms with van der Waals surface area (Å²) in [6.45, 7) is 4.15. The van der Waals surface area contributed by atoms with Gasteiger partial charge in [0.2, 0.25) is 5.95 Å². The van der Waals surface area contributed by atoms with Crippen LogP contribution in [0.5, 0.6) is 0 Å². The summed E-state index contributed by atoms with van der Waals surface area (Å²) >= 11 is 0. The van der Waals surface area contributed by atoms with E-state index in [0.29, 0.717) is 11.4 Å². The number of nitrogens with one attached hydrogen (secondary N) is 1.